The third-order valence-electron chi connectivity index (χ3n) is 3.95. The number of rotatable bonds is 3. The summed E-state index contributed by atoms with van der Waals surface area (Å²) in [5.74, 6) is 0.473. The first-order valence-electron chi connectivity index (χ1n) is 7.28. The van der Waals surface area contributed by atoms with Gasteiger partial charge in [0.1, 0.15) is 0 Å². The Bertz CT molecular complexity index is 741. The fourth-order valence-electron chi connectivity index (χ4n) is 2.73. The molecule has 2 aliphatic carbocycles. The molecular weight excluding hydrogens is 256 g/mol. The van der Waals surface area contributed by atoms with Gasteiger partial charge in [0.2, 0.25) is 0 Å². The topological polar surface area (TPSA) is 17.1 Å². The van der Waals surface area contributed by atoms with Crippen LogP contribution in [0.4, 0.5) is 0 Å². The molecule has 0 heterocycles. The minimum Gasteiger partial charge on any atom is -0.298 e. The largest absolute Gasteiger partial charge is 0.298 e. The third-order valence-corrected chi connectivity index (χ3v) is 3.95. The van der Waals surface area contributed by atoms with E-state index in [9.17, 15) is 4.79 Å². The smallest absolute Gasteiger partial charge is 0.150 e. The molecule has 0 radical (unpaired) electrons. The van der Waals surface area contributed by atoms with Crippen LogP contribution in [0, 0.1) is 0 Å². The molecule has 0 aliphatic heterocycles. The van der Waals surface area contributed by atoms with Crippen molar-refractivity contribution in [2.45, 2.75) is 19.8 Å². The lowest BCUT2D eigenvalue weighted by atomic mass is 10.0. The normalized spacial score (nSPS) is 11.0. The van der Waals surface area contributed by atoms with Crippen molar-refractivity contribution in [2.75, 3.05) is 0 Å². The zero-order valence-electron chi connectivity index (χ0n) is 12.3. The van der Waals surface area contributed by atoms with Crippen LogP contribution in [0.3, 0.4) is 0 Å². The fourth-order valence-corrected chi connectivity index (χ4v) is 2.73. The van der Waals surface area contributed by atoms with Gasteiger partial charge in [-0.15, -0.1) is 0 Å². The number of hydrogen-bond donors (Lipinski definition) is 0. The predicted octanol–water partition coefficient (Wildman–Crippen LogP) is 5.39. The Kier molecular flexibility index (Phi) is 3.57. The summed E-state index contributed by atoms with van der Waals surface area (Å²) >= 11 is 0. The van der Waals surface area contributed by atoms with Gasteiger partial charge in [-0.2, -0.15) is 0 Å². The minimum absolute atomic E-state index is 0.473. The van der Waals surface area contributed by atoms with Gasteiger partial charge in [-0.3, -0.25) is 4.79 Å². The average molecular weight is 274 g/mol. The van der Waals surface area contributed by atoms with E-state index in [-0.39, 0.29) is 0 Å². The molecule has 1 aromatic rings. The van der Waals surface area contributed by atoms with Crippen molar-refractivity contribution >= 4 is 6.29 Å². The highest BCUT2D eigenvalue weighted by Gasteiger charge is 2.15. The van der Waals surface area contributed by atoms with Crippen LogP contribution in [0.15, 0.2) is 60.7 Å². The van der Waals surface area contributed by atoms with E-state index in [1.54, 1.807) is 0 Å². The molecule has 0 fully saturated rings. The monoisotopic (exact) mass is 274 g/mol. The van der Waals surface area contributed by atoms with Crippen molar-refractivity contribution in [2.24, 2.45) is 0 Å². The van der Waals surface area contributed by atoms with E-state index in [4.69, 9.17) is 0 Å². The number of aldehydes is 1. The van der Waals surface area contributed by atoms with Gasteiger partial charge < -0.3 is 0 Å². The molecule has 1 heteroatoms. The van der Waals surface area contributed by atoms with Crippen molar-refractivity contribution in [3.8, 4) is 22.3 Å². The van der Waals surface area contributed by atoms with E-state index >= 15 is 0 Å². The zero-order chi connectivity index (χ0) is 14.8. The maximum absolute atomic E-state index is 11.4. The first-order valence-corrected chi connectivity index (χ1v) is 7.28. The van der Waals surface area contributed by atoms with E-state index < -0.39 is 0 Å². The second-order valence-electron chi connectivity index (χ2n) is 5.65. The standard InChI is InChI=1S/C20H18O/c1-14(2)15-8-10-18-17(13-21)12-20(19(18)11-9-15)16-6-4-3-5-7-16/h3-14H,1-2H3. The summed E-state index contributed by atoms with van der Waals surface area (Å²) in [6, 6.07) is 20.7. The maximum atomic E-state index is 11.4. The highest BCUT2D eigenvalue weighted by molar-refractivity contribution is 5.98. The van der Waals surface area contributed by atoms with Gasteiger partial charge in [0.25, 0.3) is 0 Å². The Morgan fingerprint density at radius 3 is 2.10 bits per heavy atom. The van der Waals surface area contributed by atoms with E-state index in [0.29, 0.717) is 5.92 Å². The van der Waals surface area contributed by atoms with Gasteiger partial charge in [-0.1, -0.05) is 68.4 Å². The van der Waals surface area contributed by atoms with Crippen LogP contribution < -0.4 is 0 Å². The summed E-state index contributed by atoms with van der Waals surface area (Å²) in [6.45, 7) is 4.36. The van der Waals surface area contributed by atoms with Crippen LogP contribution in [0.2, 0.25) is 0 Å². The van der Waals surface area contributed by atoms with E-state index in [0.717, 1.165) is 34.1 Å². The highest BCUT2D eigenvalue weighted by Crippen LogP contribution is 2.38. The van der Waals surface area contributed by atoms with E-state index in [1.165, 1.54) is 5.56 Å². The van der Waals surface area contributed by atoms with Gasteiger partial charge in [0.15, 0.2) is 6.29 Å². The van der Waals surface area contributed by atoms with Crippen LogP contribution in [-0.2, 0) is 0 Å². The molecule has 0 amide bonds. The molecule has 1 nitrogen and oxygen atoms in total. The Labute approximate surface area is 125 Å². The predicted molar refractivity (Wildman–Crippen MR) is 88.0 cm³/mol. The summed E-state index contributed by atoms with van der Waals surface area (Å²) in [5.41, 5.74) is 6.47. The first kappa shape index (κ1) is 13.6. The van der Waals surface area contributed by atoms with E-state index in [1.807, 2.05) is 24.3 Å². The van der Waals surface area contributed by atoms with Crippen LogP contribution in [0.25, 0.3) is 22.3 Å². The SMILES string of the molecule is CC(C)c1ccc2c(C=O)cc(-c3ccccc3)c-2cc1. The molecule has 2 aliphatic rings. The van der Waals surface area contributed by atoms with E-state index in [2.05, 4.69) is 50.2 Å². The second-order valence-corrected chi connectivity index (χ2v) is 5.65. The van der Waals surface area contributed by atoms with Crippen molar-refractivity contribution in [1.29, 1.82) is 0 Å². The van der Waals surface area contributed by atoms with Gasteiger partial charge in [0.05, 0.1) is 0 Å². The van der Waals surface area contributed by atoms with Crippen LogP contribution in [0.5, 0.6) is 0 Å². The van der Waals surface area contributed by atoms with Crippen LogP contribution >= 0.6 is 0 Å². The minimum atomic E-state index is 0.473. The lowest BCUT2D eigenvalue weighted by Crippen LogP contribution is -1.81. The lowest BCUT2D eigenvalue weighted by molar-refractivity contribution is 0.112. The molecule has 0 aromatic heterocycles. The first-order chi connectivity index (χ1) is 10.2. The zero-order valence-corrected chi connectivity index (χ0v) is 12.3. The molecule has 0 unspecified atom stereocenters. The second kappa shape index (κ2) is 5.53. The number of benzene rings is 1. The molecule has 0 N–H and O–H groups in total. The van der Waals surface area contributed by atoms with Gasteiger partial charge in [-0.05, 0) is 39.8 Å². The Morgan fingerprint density at radius 2 is 1.48 bits per heavy atom. The summed E-state index contributed by atoms with van der Waals surface area (Å²) in [7, 11) is 0. The Balaban J connectivity index is 2.26. The van der Waals surface area contributed by atoms with Crippen molar-refractivity contribution in [1.82, 2.24) is 0 Å². The van der Waals surface area contributed by atoms with Crippen molar-refractivity contribution in [3.63, 3.8) is 0 Å². The van der Waals surface area contributed by atoms with Crippen LogP contribution in [0.1, 0.15) is 35.7 Å². The summed E-state index contributed by atoms with van der Waals surface area (Å²) in [5, 5.41) is 0. The molecule has 104 valence electrons. The van der Waals surface area contributed by atoms with Crippen LogP contribution in [-0.4, -0.2) is 6.29 Å². The quantitative estimate of drug-likeness (QED) is 0.585. The molecule has 3 rings (SSSR count). The summed E-state index contributed by atoms with van der Waals surface area (Å²) in [4.78, 5) is 11.4. The molecule has 0 saturated heterocycles. The average Bonchev–Trinajstić information content (AvgIpc) is 2.70. The molecule has 0 spiro atoms. The number of hydrogen-bond acceptors (Lipinski definition) is 1. The molecule has 0 saturated carbocycles. The molecule has 0 atom stereocenters. The highest BCUT2D eigenvalue weighted by atomic mass is 16.1. The number of carbonyl (C=O) groups is 1. The van der Waals surface area contributed by atoms with Gasteiger partial charge >= 0.3 is 0 Å². The summed E-state index contributed by atoms with van der Waals surface area (Å²) < 4.78 is 0. The van der Waals surface area contributed by atoms with Crippen molar-refractivity contribution < 1.29 is 4.79 Å². The Morgan fingerprint density at radius 1 is 0.810 bits per heavy atom. The summed E-state index contributed by atoms with van der Waals surface area (Å²) in [6.07, 6.45) is 0.948. The fraction of sp³-hybridized carbons (Fsp3) is 0.150. The lowest BCUT2D eigenvalue weighted by Gasteiger charge is -2.01. The van der Waals surface area contributed by atoms with Gasteiger partial charge in [-0.25, -0.2) is 0 Å². The molecular formula is C20H18O. The third kappa shape index (κ3) is 2.47. The number of fused-ring (bicyclic) bond motifs is 1. The molecule has 21 heavy (non-hydrogen) atoms. The molecule has 0 bridgehead atoms. The Hall–Kier alpha value is -2.41. The maximum Gasteiger partial charge on any atom is 0.150 e. The van der Waals surface area contributed by atoms with Gasteiger partial charge in [0, 0.05) is 5.56 Å². The van der Waals surface area contributed by atoms with Crippen molar-refractivity contribution in [3.05, 3.63) is 71.8 Å². The molecule has 1 aromatic carbocycles. The number of carbonyl (C=O) groups excluding carboxylic acids is 1.